The highest BCUT2D eigenvalue weighted by Crippen LogP contribution is 2.23. The number of furan rings is 1. The van der Waals surface area contributed by atoms with Gasteiger partial charge in [-0.3, -0.25) is 4.79 Å². The van der Waals surface area contributed by atoms with Crippen LogP contribution in [0.2, 0.25) is 0 Å². The van der Waals surface area contributed by atoms with E-state index in [0.29, 0.717) is 23.9 Å². The molecule has 0 spiro atoms. The summed E-state index contributed by atoms with van der Waals surface area (Å²) in [7, 11) is 1.63. The molecule has 5 heteroatoms. The number of halogens is 1. The molecule has 2 unspecified atom stereocenters. The number of ketones is 1. The predicted molar refractivity (Wildman–Crippen MR) is 67.7 cm³/mol. The normalized spacial score (nSPS) is 23.1. The number of carbonyl (C=O) groups is 1. The first kappa shape index (κ1) is 12.3. The van der Waals surface area contributed by atoms with Crippen molar-refractivity contribution in [3.63, 3.8) is 0 Å². The zero-order valence-electron chi connectivity index (χ0n) is 10.5. The van der Waals surface area contributed by atoms with E-state index in [0.717, 1.165) is 0 Å². The van der Waals surface area contributed by atoms with E-state index >= 15 is 0 Å². The highest BCUT2D eigenvalue weighted by Gasteiger charge is 2.31. The minimum Gasteiger partial charge on any atom is -0.453 e. The number of benzene rings is 1. The van der Waals surface area contributed by atoms with Crippen molar-refractivity contribution >= 4 is 16.8 Å². The Bertz CT molecular complexity index is 622. The zero-order chi connectivity index (χ0) is 13.4. The minimum absolute atomic E-state index is 0.0516. The third-order valence-electron chi connectivity index (χ3n) is 3.46. The van der Waals surface area contributed by atoms with Crippen molar-refractivity contribution < 1.29 is 18.3 Å². The molecule has 3 rings (SSSR count). The van der Waals surface area contributed by atoms with Crippen LogP contribution in [0.5, 0.6) is 0 Å². The molecule has 2 heterocycles. The molecule has 100 valence electrons. The first-order valence-electron chi connectivity index (χ1n) is 6.17. The number of carbonyl (C=O) groups excluding carboxylic acids is 1. The van der Waals surface area contributed by atoms with Gasteiger partial charge in [0.05, 0.1) is 12.1 Å². The summed E-state index contributed by atoms with van der Waals surface area (Å²) in [6.07, 6.45) is 0.677. The topological polar surface area (TPSA) is 51.5 Å². The molecule has 0 saturated carbocycles. The summed E-state index contributed by atoms with van der Waals surface area (Å²) in [6.45, 7) is 0.655. The van der Waals surface area contributed by atoms with E-state index in [-0.39, 0.29) is 29.5 Å². The van der Waals surface area contributed by atoms with E-state index in [2.05, 4.69) is 5.32 Å². The maximum Gasteiger partial charge on any atom is 0.214 e. The van der Waals surface area contributed by atoms with Crippen LogP contribution in [0.4, 0.5) is 4.39 Å². The monoisotopic (exact) mass is 263 g/mol. The van der Waals surface area contributed by atoms with Gasteiger partial charge >= 0.3 is 0 Å². The fraction of sp³-hybridized carbons (Fsp3) is 0.357. The van der Waals surface area contributed by atoms with Crippen molar-refractivity contribution in [2.75, 3.05) is 13.7 Å². The average molecular weight is 263 g/mol. The summed E-state index contributed by atoms with van der Waals surface area (Å²) in [5, 5.41) is 3.70. The second-order valence-corrected chi connectivity index (χ2v) is 4.71. The second-order valence-electron chi connectivity index (χ2n) is 4.71. The van der Waals surface area contributed by atoms with Crippen LogP contribution >= 0.6 is 0 Å². The van der Waals surface area contributed by atoms with Crippen LogP contribution < -0.4 is 5.32 Å². The molecule has 19 heavy (non-hydrogen) atoms. The Morgan fingerprint density at radius 1 is 1.47 bits per heavy atom. The number of rotatable bonds is 3. The molecule has 2 aromatic rings. The largest absolute Gasteiger partial charge is 0.453 e. The van der Waals surface area contributed by atoms with Crippen LogP contribution in [0.3, 0.4) is 0 Å². The van der Waals surface area contributed by atoms with Crippen molar-refractivity contribution in [3.8, 4) is 0 Å². The lowest BCUT2D eigenvalue weighted by molar-refractivity contribution is 0.0895. The molecule has 1 N–H and O–H groups in total. The quantitative estimate of drug-likeness (QED) is 0.862. The van der Waals surface area contributed by atoms with Crippen LogP contribution in [0.15, 0.2) is 28.7 Å². The van der Waals surface area contributed by atoms with Crippen molar-refractivity contribution in [2.45, 2.75) is 18.6 Å². The van der Waals surface area contributed by atoms with Crippen LogP contribution in [-0.2, 0) is 4.74 Å². The molecule has 1 fully saturated rings. The zero-order valence-corrected chi connectivity index (χ0v) is 10.5. The predicted octanol–water partition coefficient (Wildman–Crippen LogP) is 2.13. The van der Waals surface area contributed by atoms with Gasteiger partial charge in [0.2, 0.25) is 5.78 Å². The molecule has 1 aliphatic heterocycles. The Balaban J connectivity index is 1.86. The van der Waals surface area contributed by atoms with Crippen molar-refractivity contribution in [3.05, 3.63) is 35.8 Å². The molecule has 0 amide bonds. The van der Waals surface area contributed by atoms with Crippen LogP contribution in [0.25, 0.3) is 11.0 Å². The van der Waals surface area contributed by atoms with Crippen LogP contribution in [0.1, 0.15) is 17.0 Å². The molecule has 0 radical (unpaired) electrons. The van der Waals surface area contributed by atoms with Gasteiger partial charge in [0.1, 0.15) is 11.4 Å². The number of nitrogens with one attached hydrogen (secondary N) is 1. The minimum atomic E-state index is -0.342. The van der Waals surface area contributed by atoms with Crippen LogP contribution in [0, 0.1) is 5.82 Å². The molecule has 1 saturated heterocycles. The molecule has 4 nitrogen and oxygen atoms in total. The second kappa shape index (κ2) is 4.75. The van der Waals surface area contributed by atoms with Gasteiger partial charge in [-0.15, -0.1) is 0 Å². The lowest BCUT2D eigenvalue weighted by Gasteiger charge is -2.06. The lowest BCUT2D eigenvalue weighted by atomic mass is 10.1. The Morgan fingerprint density at radius 2 is 2.32 bits per heavy atom. The van der Waals surface area contributed by atoms with Gasteiger partial charge in [0, 0.05) is 19.0 Å². The highest BCUT2D eigenvalue weighted by molar-refractivity contribution is 6.01. The summed E-state index contributed by atoms with van der Waals surface area (Å²) in [5.41, 5.74) is 0.519. The number of Topliss-reactive ketones (excluding diaryl/α,β-unsaturated/α-hetero) is 1. The molecular weight excluding hydrogens is 249 g/mol. The van der Waals surface area contributed by atoms with E-state index < -0.39 is 0 Å². The Hall–Kier alpha value is -1.72. The number of hydrogen-bond donors (Lipinski definition) is 1. The Kier molecular flexibility index (Phi) is 3.08. The smallest absolute Gasteiger partial charge is 0.214 e. The number of ether oxygens (including phenoxy) is 1. The molecule has 0 aliphatic carbocycles. The number of methoxy groups -OCH3 is 1. The summed E-state index contributed by atoms with van der Waals surface area (Å²) in [4.78, 5) is 12.3. The van der Waals surface area contributed by atoms with Gasteiger partial charge < -0.3 is 14.5 Å². The molecule has 2 atom stereocenters. The van der Waals surface area contributed by atoms with Crippen molar-refractivity contribution in [1.29, 1.82) is 0 Å². The summed E-state index contributed by atoms with van der Waals surface area (Å²) >= 11 is 0. The molecular formula is C14H14FNO3. The van der Waals surface area contributed by atoms with Gasteiger partial charge in [-0.2, -0.15) is 0 Å². The molecule has 1 aromatic heterocycles. The van der Waals surface area contributed by atoms with Gasteiger partial charge in [0.25, 0.3) is 0 Å². The maximum atomic E-state index is 13.1. The molecule has 1 aromatic carbocycles. The Labute approximate surface area is 109 Å². The molecule has 0 bridgehead atoms. The third-order valence-corrected chi connectivity index (χ3v) is 3.46. The summed E-state index contributed by atoms with van der Waals surface area (Å²) in [6, 6.07) is 5.49. The third kappa shape index (κ3) is 2.27. The van der Waals surface area contributed by atoms with E-state index in [4.69, 9.17) is 9.15 Å². The standard InChI is InChI=1S/C14H14FNO3/c1-18-10-6-11(16-7-10)14(17)13-5-8-4-9(15)2-3-12(8)19-13/h2-5,10-11,16H,6-7H2,1H3. The average Bonchev–Trinajstić information content (AvgIpc) is 3.03. The highest BCUT2D eigenvalue weighted by atomic mass is 19.1. The van der Waals surface area contributed by atoms with E-state index in [1.807, 2.05) is 0 Å². The van der Waals surface area contributed by atoms with Crippen molar-refractivity contribution in [1.82, 2.24) is 5.32 Å². The Morgan fingerprint density at radius 3 is 3.05 bits per heavy atom. The fourth-order valence-corrected chi connectivity index (χ4v) is 2.39. The first-order valence-corrected chi connectivity index (χ1v) is 6.17. The van der Waals surface area contributed by atoms with Gasteiger partial charge in [-0.25, -0.2) is 4.39 Å². The maximum absolute atomic E-state index is 13.1. The molecule has 1 aliphatic rings. The van der Waals surface area contributed by atoms with E-state index in [9.17, 15) is 9.18 Å². The number of hydrogen-bond acceptors (Lipinski definition) is 4. The van der Waals surface area contributed by atoms with E-state index in [1.54, 1.807) is 13.2 Å². The van der Waals surface area contributed by atoms with Gasteiger partial charge in [-0.1, -0.05) is 0 Å². The summed E-state index contributed by atoms with van der Waals surface area (Å²) in [5.74, 6) is -0.197. The van der Waals surface area contributed by atoms with Crippen LogP contribution in [-0.4, -0.2) is 31.6 Å². The van der Waals surface area contributed by atoms with Gasteiger partial charge in [0.15, 0.2) is 5.76 Å². The van der Waals surface area contributed by atoms with E-state index in [1.165, 1.54) is 18.2 Å². The lowest BCUT2D eigenvalue weighted by Crippen LogP contribution is -2.30. The van der Waals surface area contributed by atoms with Gasteiger partial charge in [-0.05, 0) is 30.7 Å². The van der Waals surface area contributed by atoms with Crippen molar-refractivity contribution in [2.24, 2.45) is 0 Å². The SMILES string of the molecule is COC1CNC(C(=O)c2cc3cc(F)ccc3o2)C1. The fourth-order valence-electron chi connectivity index (χ4n) is 2.39. The first-order chi connectivity index (χ1) is 9.17. The summed E-state index contributed by atoms with van der Waals surface area (Å²) < 4.78 is 23.8. The number of fused-ring (bicyclic) bond motifs is 1.